The molecule has 2 aliphatic rings. The Balaban J connectivity index is 1.41. The van der Waals surface area contributed by atoms with Crippen LogP contribution in [0.5, 0.6) is 0 Å². The van der Waals surface area contributed by atoms with Gasteiger partial charge in [0.2, 0.25) is 0 Å². The largest absolute Gasteiger partial charge is 0.367 e. The first kappa shape index (κ1) is 19.0. The zero-order valence-corrected chi connectivity index (χ0v) is 17.2. The van der Waals surface area contributed by atoms with Crippen LogP contribution >= 0.6 is 11.6 Å². The van der Waals surface area contributed by atoms with Gasteiger partial charge in [-0.3, -0.25) is 9.98 Å². The summed E-state index contributed by atoms with van der Waals surface area (Å²) < 4.78 is 29.9. The number of allylic oxidation sites excluding steroid dienone is 1. The molecule has 0 fully saturated rings. The Morgan fingerprint density at radius 1 is 1.06 bits per heavy atom. The quantitative estimate of drug-likeness (QED) is 0.476. The third-order valence-corrected chi connectivity index (χ3v) is 5.79. The second-order valence-electron chi connectivity index (χ2n) is 7.45. The van der Waals surface area contributed by atoms with Gasteiger partial charge in [-0.05, 0) is 24.3 Å². The molecular weight excluding hydrogens is 436 g/mol. The minimum absolute atomic E-state index is 0.139. The molecule has 0 amide bonds. The summed E-state index contributed by atoms with van der Waals surface area (Å²) in [5, 5.41) is 11.5. The van der Waals surface area contributed by atoms with Gasteiger partial charge in [0, 0.05) is 35.5 Å². The highest BCUT2D eigenvalue weighted by Gasteiger charge is 2.23. The van der Waals surface area contributed by atoms with Crippen molar-refractivity contribution in [1.82, 2.24) is 25.0 Å². The predicted molar refractivity (Wildman–Crippen MR) is 118 cm³/mol. The van der Waals surface area contributed by atoms with E-state index in [4.69, 9.17) is 16.6 Å². The van der Waals surface area contributed by atoms with Crippen LogP contribution in [0.25, 0.3) is 27.9 Å². The summed E-state index contributed by atoms with van der Waals surface area (Å²) in [6.07, 6.45) is 3.60. The predicted octanol–water partition coefficient (Wildman–Crippen LogP) is 4.13. The van der Waals surface area contributed by atoms with E-state index in [2.05, 4.69) is 25.6 Å². The number of rotatable bonds is 3. The van der Waals surface area contributed by atoms with E-state index < -0.39 is 11.6 Å². The number of hydrogen-bond donors (Lipinski definition) is 1. The number of aliphatic imine (C=N–C) groups is 1. The molecule has 0 unspecified atom stereocenters. The topological polar surface area (TPSA) is 80.9 Å². The SMILES string of the molecule is Fc1cc(F)c(C2=NCC=C2c2ccc3ncc(-c4nnn5c4NCC5)cc3n2)cc1Cl. The van der Waals surface area contributed by atoms with Gasteiger partial charge >= 0.3 is 0 Å². The third-order valence-electron chi connectivity index (χ3n) is 5.50. The highest BCUT2D eigenvalue weighted by atomic mass is 35.5. The fraction of sp³-hybridized carbons (Fsp3) is 0.136. The molecule has 4 aromatic rings. The van der Waals surface area contributed by atoms with Crippen LogP contribution in [-0.4, -0.2) is 43.8 Å². The summed E-state index contributed by atoms with van der Waals surface area (Å²) >= 11 is 5.88. The maximum Gasteiger partial charge on any atom is 0.153 e. The molecule has 10 heteroatoms. The van der Waals surface area contributed by atoms with Crippen molar-refractivity contribution >= 4 is 39.7 Å². The maximum absolute atomic E-state index is 14.5. The molecule has 2 aliphatic heterocycles. The number of fused-ring (bicyclic) bond motifs is 2. The van der Waals surface area contributed by atoms with Crippen LogP contribution in [0.3, 0.4) is 0 Å². The zero-order valence-electron chi connectivity index (χ0n) is 16.5. The van der Waals surface area contributed by atoms with Gasteiger partial charge in [0.15, 0.2) is 5.82 Å². The number of nitrogens with zero attached hydrogens (tertiary/aromatic N) is 6. The first-order valence-corrected chi connectivity index (χ1v) is 10.3. The number of anilines is 1. The van der Waals surface area contributed by atoms with E-state index >= 15 is 0 Å². The van der Waals surface area contributed by atoms with Gasteiger partial charge in [-0.25, -0.2) is 18.4 Å². The standard InChI is InChI=1S/C22H14ClF2N7/c23-14-8-13(15(24)9-16(14)25)21-12(3-4-26-21)17-1-2-18-19(29-17)7-11(10-28-18)20-22-27-5-6-32(22)31-30-20/h1-3,7-10,27H,4-6H2. The van der Waals surface area contributed by atoms with Crippen molar-refractivity contribution in [3.05, 3.63) is 70.5 Å². The van der Waals surface area contributed by atoms with Crippen LogP contribution in [0, 0.1) is 11.6 Å². The molecule has 32 heavy (non-hydrogen) atoms. The summed E-state index contributed by atoms with van der Waals surface area (Å²) in [7, 11) is 0. The van der Waals surface area contributed by atoms with E-state index in [9.17, 15) is 8.78 Å². The zero-order chi connectivity index (χ0) is 21.8. The molecule has 0 aliphatic carbocycles. The van der Waals surface area contributed by atoms with E-state index in [1.807, 2.05) is 29.0 Å². The van der Waals surface area contributed by atoms with Crippen LogP contribution in [0.15, 0.2) is 47.6 Å². The third kappa shape index (κ3) is 2.96. The van der Waals surface area contributed by atoms with Gasteiger partial charge in [0.25, 0.3) is 0 Å². The highest BCUT2D eigenvalue weighted by molar-refractivity contribution is 6.35. The van der Waals surface area contributed by atoms with Crippen molar-refractivity contribution in [1.29, 1.82) is 0 Å². The number of hydrogen-bond acceptors (Lipinski definition) is 6. The van der Waals surface area contributed by atoms with Gasteiger partial charge in [0.1, 0.15) is 17.3 Å². The summed E-state index contributed by atoms with van der Waals surface area (Å²) in [6, 6.07) is 7.58. The number of halogens is 3. The molecule has 0 saturated carbocycles. The van der Waals surface area contributed by atoms with Crippen molar-refractivity contribution in [3.8, 4) is 11.3 Å². The summed E-state index contributed by atoms with van der Waals surface area (Å²) in [5.41, 5.74) is 4.68. The van der Waals surface area contributed by atoms with E-state index in [-0.39, 0.29) is 10.6 Å². The molecule has 6 rings (SSSR count). The lowest BCUT2D eigenvalue weighted by molar-refractivity contribution is 0.582. The average Bonchev–Trinajstić information content (AvgIpc) is 3.52. The minimum atomic E-state index is -0.811. The first-order valence-electron chi connectivity index (χ1n) is 9.93. The molecule has 1 N–H and O–H groups in total. The molecule has 0 bridgehead atoms. The normalized spacial score (nSPS) is 15.0. The summed E-state index contributed by atoms with van der Waals surface area (Å²) in [6.45, 7) is 1.95. The molecule has 158 valence electrons. The Morgan fingerprint density at radius 2 is 1.97 bits per heavy atom. The Bertz CT molecular complexity index is 1470. The second-order valence-corrected chi connectivity index (χ2v) is 7.86. The van der Waals surface area contributed by atoms with Gasteiger partial charge < -0.3 is 5.32 Å². The molecule has 1 aromatic carbocycles. The van der Waals surface area contributed by atoms with Crippen molar-refractivity contribution in [2.45, 2.75) is 6.54 Å². The lowest BCUT2D eigenvalue weighted by atomic mass is 9.99. The van der Waals surface area contributed by atoms with E-state index in [0.717, 1.165) is 36.2 Å². The van der Waals surface area contributed by atoms with Crippen molar-refractivity contribution in [2.75, 3.05) is 18.4 Å². The van der Waals surface area contributed by atoms with Crippen LogP contribution in [0.1, 0.15) is 11.3 Å². The number of pyridine rings is 2. The van der Waals surface area contributed by atoms with Crippen molar-refractivity contribution in [2.24, 2.45) is 4.99 Å². The number of aromatic nitrogens is 5. The first-order chi connectivity index (χ1) is 15.6. The Hall–Kier alpha value is -3.72. The summed E-state index contributed by atoms with van der Waals surface area (Å²) in [5.74, 6) is -0.676. The molecule has 3 aromatic heterocycles. The van der Waals surface area contributed by atoms with E-state index in [0.29, 0.717) is 34.6 Å². The van der Waals surface area contributed by atoms with Crippen LogP contribution in [-0.2, 0) is 6.54 Å². The average molecular weight is 450 g/mol. The molecule has 0 spiro atoms. The van der Waals surface area contributed by atoms with Crippen molar-refractivity contribution in [3.63, 3.8) is 0 Å². The highest BCUT2D eigenvalue weighted by Crippen LogP contribution is 2.31. The fourth-order valence-corrected chi connectivity index (χ4v) is 4.14. The molecule has 5 heterocycles. The lowest BCUT2D eigenvalue weighted by Crippen LogP contribution is -2.07. The van der Waals surface area contributed by atoms with Crippen LogP contribution < -0.4 is 5.32 Å². The van der Waals surface area contributed by atoms with E-state index in [1.165, 1.54) is 6.07 Å². The smallest absolute Gasteiger partial charge is 0.153 e. The van der Waals surface area contributed by atoms with Crippen LogP contribution in [0.4, 0.5) is 14.6 Å². The van der Waals surface area contributed by atoms with Gasteiger partial charge in [0.05, 0.1) is 40.6 Å². The molecular formula is C22H14ClF2N7. The molecule has 0 atom stereocenters. The summed E-state index contributed by atoms with van der Waals surface area (Å²) in [4.78, 5) is 13.6. The number of nitrogens with one attached hydrogen (secondary N) is 1. The second kappa shape index (κ2) is 7.16. The van der Waals surface area contributed by atoms with Gasteiger partial charge in [-0.1, -0.05) is 22.9 Å². The van der Waals surface area contributed by atoms with Gasteiger partial charge in [-0.2, -0.15) is 0 Å². The Kier molecular flexibility index (Phi) is 4.25. The Morgan fingerprint density at radius 3 is 2.88 bits per heavy atom. The van der Waals surface area contributed by atoms with E-state index in [1.54, 1.807) is 6.20 Å². The maximum atomic E-state index is 14.5. The lowest BCUT2D eigenvalue weighted by Gasteiger charge is -2.10. The monoisotopic (exact) mass is 449 g/mol. The van der Waals surface area contributed by atoms with Gasteiger partial charge in [-0.15, -0.1) is 5.10 Å². The molecule has 0 saturated heterocycles. The molecule has 7 nitrogen and oxygen atoms in total. The minimum Gasteiger partial charge on any atom is -0.367 e. The van der Waals surface area contributed by atoms with Crippen molar-refractivity contribution < 1.29 is 8.78 Å². The van der Waals surface area contributed by atoms with Crippen LogP contribution in [0.2, 0.25) is 5.02 Å². The fourth-order valence-electron chi connectivity index (χ4n) is 3.98. The molecule has 0 radical (unpaired) electrons. The Labute approximate surface area is 185 Å². The number of benzene rings is 1.